The fraction of sp³-hybridized carbons (Fsp3) is 0.0455. The van der Waals surface area contributed by atoms with Crippen molar-refractivity contribution < 1.29 is 5.11 Å². The van der Waals surface area contributed by atoms with E-state index in [1.165, 1.54) is 5.39 Å². The van der Waals surface area contributed by atoms with E-state index in [1.54, 1.807) is 0 Å². The first kappa shape index (κ1) is 14.9. The molecule has 0 bridgehead atoms. The van der Waals surface area contributed by atoms with Gasteiger partial charge in [-0.25, -0.2) is 4.98 Å². The molecule has 4 heteroatoms. The molecule has 0 aliphatic rings. The number of aromatic amines is 1. The van der Waals surface area contributed by atoms with Crippen LogP contribution in [-0.4, -0.2) is 19.5 Å². The summed E-state index contributed by atoms with van der Waals surface area (Å²) >= 11 is 0. The highest BCUT2D eigenvalue weighted by Crippen LogP contribution is 2.26. The van der Waals surface area contributed by atoms with Crippen LogP contribution in [0.2, 0.25) is 0 Å². The summed E-state index contributed by atoms with van der Waals surface area (Å²) in [6.45, 7) is 0.0481. The van der Waals surface area contributed by atoms with E-state index in [0.29, 0.717) is 0 Å². The van der Waals surface area contributed by atoms with Crippen LogP contribution in [0.1, 0.15) is 5.56 Å². The third-order valence-electron chi connectivity index (χ3n) is 4.74. The minimum atomic E-state index is 0.0481. The molecule has 0 radical (unpaired) electrons. The van der Waals surface area contributed by atoms with E-state index >= 15 is 0 Å². The van der Waals surface area contributed by atoms with Crippen molar-refractivity contribution in [1.29, 1.82) is 0 Å². The summed E-state index contributed by atoms with van der Waals surface area (Å²) in [5.74, 6) is 0. The molecule has 0 saturated carbocycles. The van der Waals surface area contributed by atoms with Crippen molar-refractivity contribution in [2.45, 2.75) is 6.61 Å². The highest BCUT2D eigenvalue weighted by Gasteiger charge is 2.07. The SMILES string of the molecule is OCc1cccc(-c2ccc3nc(-c4ccc5cc[nH]c5c4)cn3c2)c1. The van der Waals surface area contributed by atoms with Gasteiger partial charge in [0.25, 0.3) is 0 Å². The lowest BCUT2D eigenvalue weighted by Gasteiger charge is -2.04. The summed E-state index contributed by atoms with van der Waals surface area (Å²) in [5.41, 5.74) is 7.15. The number of rotatable bonds is 3. The van der Waals surface area contributed by atoms with Gasteiger partial charge in [-0.05, 0) is 52.4 Å². The average molecular weight is 339 g/mol. The van der Waals surface area contributed by atoms with Gasteiger partial charge in [-0.3, -0.25) is 0 Å². The molecule has 2 aromatic carbocycles. The quantitative estimate of drug-likeness (QED) is 0.503. The van der Waals surface area contributed by atoms with E-state index in [2.05, 4.69) is 58.2 Å². The Balaban J connectivity index is 1.59. The Morgan fingerprint density at radius 1 is 0.885 bits per heavy atom. The number of imidazole rings is 1. The van der Waals surface area contributed by atoms with Gasteiger partial charge in [-0.2, -0.15) is 0 Å². The Bertz CT molecular complexity index is 1230. The van der Waals surface area contributed by atoms with Gasteiger partial charge in [-0.15, -0.1) is 0 Å². The van der Waals surface area contributed by atoms with Crippen LogP contribution >= 0.6 is 0 Å². The first-order valence-corrected chi connectivity index (χ1v) is 8.57. The summed E-state index contributed by atoms with van der Waals surface area (Å²) in [6.07, 6.45) is 6.08. The van der Waals surface area contributed by atoms with E-state index in [-0.39, 0.29) is 6.61 Å². The fourth-order valence-electron chi connectivity index (χ4n) is 3.36. The maximum Gasteiger partial charge on any atom is 0.137 e. The number of benzene rings is 2. The number of hydrogen-bond donors (Lipinski definition) is 2. The number of H-pyrrole nitrogens is 1. The Kier molecular flexibility index (Phi) is 3.37. The van der Waals surface area contributed by atoms with E-state index in [1.807, 2.05) is 30.5 Å². The molecule has 0 saturated heterocycles. The fourth-order valence-corrected chi connectivity index (χ4v) is 3.36. The van der Waals surface area contributed by atoms with Crippen LogP contribution < -0.4 is 0 Å². The number of hydrogen-bond acceptors (Lipinski definition) is 2. The van der Waals surface area contributed by atoms with E-state index < -0.39 is 0 Å². The second-order valence-electron chi connectivity index (χ2n) is 6.45. The minimum absolute atomic E-state index is 0.0481. The van der Waals surface area contributed by atoms with Gasteiger partial charge < -0.3 is 14.5 Å². The van der Waals surface area contributed by atoms with Crippen LogP contribution in [0.15, 0.2) is 79.3 Å². The summed E-state index contributed by atoms with van der Waals surface area (Å²) in [6, 6.07) is 20.5. The number of nitrogens with zero attached hydrogens (tertiary/aromatic N) is 2. The molecule has 0 spiro atoms. The lowest BCUT2D eigenvalue weighted by molar-refractivity contribution is 0.282. The average Bonchev–Trinajstić information content (AvgIpc) is 3.33. The van der Waals surface area contributed by atoms with Crippen molar-refractivity contribution in [3.63, 3.8) is 0 Å². The predicted molar refractivity (Wildman–Crippen MR) is 104 cm³/mol. The molecule has 3 aromatic heterocycles. The van der Waals surface area contributed by atoms with Crippen LogP contribution in [-0.2, 0) is 6.61 Å². The van der Waals surface area contributed by atoms with Crippen LogP contribution in [0, 0.1) is 0 Å². The molecule has 0 aliphatic heterocycles. The zero-order valence-corrected chi connectivity index (χ0v) is 14.1. The van der Waals surface area contributed by atoms with Gasteiger partial charge in [0.1, 0.15) is 5.65 Å². The molecule has 0 aliphatic carbocycles. The van der Waals surface area contributed by atoms with E-state index in [9.17, 15) is 5.11 Å². The summed E-state index contributed by atoms with van der Waals surface area (Å²) < 4.78 is 2.05. The first-order valence-electron chi connectivity index (χ1n) is 8.57. The van der Waals surface area contributed by atoms with Crippen molar-refractivity contribution in [3.8, 4) is 22.4 Å². The smallest absolute Gasteiger partial charge is 0.137 e. The second kappa shape index (κ2) is 5.86. The van der Waals surface area contributed by atoms with Crippen LogP contribution in [0.3, 0.4) is 0 Å². The van der Waals surface area contributed by atoms with Crippen LogP contribution in [0.25, 0.3) is 38.9 Å². The van der Waals surface area contributed by atoms with Crippen LogP contribution in [0.5, 0.6) is 0 Å². The first-order chi connectivity index (χ1) is 12.8. The van der Waals surface area contributed by atoms with Gasteiger partial charge in [0.05, 0.1) is 12.3 Å². The molecule has 0 atom stereocenters. The highest BCUT2D eigenvalue weighted by atomic mass is 16.3. The number of fused-ring (bicyclic) bond motifs is 2. The normalized spacial score (nSPS) is 11.4. The van der Waals surface area contributed by atoms with Crippen molar-refractivity contribution in [2.75, 3.05) is 0 Å². The largest absolute Gasteiger partial charge is 0.392 e. The Morgan fingerprint density at radius 3 is 2.73 bits per heavy atom. The van der Waals surface area contributed by atoms with Gasteiger partial charge >= 0.3 is 0 Å². The molecular formula is C22H17N3O. The van der Waals surface area contributed by atoms with Gasteiger partial charge in [0.2, 0.25) is 0 Å². The molecule has 26 heavy (non-hydrogen) atoms. The Morgan fingerprint density at radius 2 is 1.81 bits per heavy atom. The van der Waals surface area contributed by atoms with E-state index in [4.69, 9.17) is 4.98 Å². The minimum Gasteiger partial charge on any atom is -0.392 e. The van der Waals surface area contributed by atoms with Crippen LogP contribution in [0.4, 0.5) is 0 Å². The second-order valence-corrected chi connectivity index (χ2v) is 6.45. The molecule has 126 valence electrons. The maximum absolute atomic E-state index is 9.35. The monoisotopic (exact) mass is 339 g/mol. The Hall–Kier alpha value is -3.37. The molecule has 5 aromatic rings. The zero-order valence-electron chi connectivity index (χ0n) is 14.1. The highest BCUT2D eigenvalue weighted by molar-refractivity contribution is 5.84. The molecule has 5 rings (SSSR count). The molecule has 4 nitrogen and oxygen atoms in total. The molecule has 0 amide bonds. The number of aliphatic hydroxyl groups is 1. The summed E-state index contributed by atoms with van der Waals surface area (Å²) in [5, 5.41) is 10.5. The van der Waals surface area contributed by atoms with Gasteiger partial charge in [0, 0.05) is 29.7 Å². The third-order valence-corrected chi connectivity index (χ3v) is 4.74. The van der Waals surface area contributed by atoms with Gasteiger partial charge in [-0.1, -0.05) is 30.3 Å². The molecule has 0 unspecified atom stereocenters. The topological polar surface area (TPSA) is 53.3 Å². The molecule has 0 fully saturated rings. The number of pyridine rings is 1. The summed E-state index contributed by atoms with van der Waals surface area (Å²) in [7, 11) is 0. The molecule has 3 heterocycles. The van der Waals surface area contributed by atoms with Crippen molar-refractivity contribution in [3.05, 3.63) is 84.8 Å². The van der Waals surface area contributed by atoms with Gasteiger partial charge in [0.15, 0.2) is 0 Å². The maximum atomic E-state index is 9.35. The third kappa shape index (κ3) is 2.48. The van der Waals surface area contributed by atoms with Crippen molar-refractivity contribution in [2.24, 2.45) is 0 Å². The van der Waals surface area contributed by atoms with Crippen molar-refractivity contribution >= 4 is 16.6 Å². The molecular weight excluding hydrogens is 322 g/mol. The number of aromatic nitrogens is 3. The number of nitrogens with one attached hydrogen (secondary N) is 1. The lowest BCUT2D eigenvalue weighted by atomic mass is 10.1. The predicted octanol–water partition coefficient (Wildman–Crippen LogP) is 4.64. The van der Waals surface area contributed by atoms with Crippen molar-refractivity contribution in [1.82, 2.24) is 14.4 Å². The standard InChI is InChI=1S/C22H17N3O/c26-14-15-2-1-3-17(10-15)19-6-7-22-24-21(13-25(22)12-19)18-5-4-16-8-9-23-20(16)11-18/h1-13,23,26H,14H2. The Labute approximate surface area is 150 Å². The van der Waals surface area contributed by atoms with E-state index in [0.717, 1.165) is 39.1 Å². The number of aliphatic hydroxyl groups excluding tert-OH is 1. The lowest BCUT2D eigenvalue weighted by Crippen LogP contribution is -1.87. The molecule has 2 N–H and O–H groups in total. The summed E-state index contributed by atoms with van der Waals surface area (Å²) in [4.78, 5) is 8.00. The zero-order chi connectivity index (χ0) is 17.5.